The molecule has 0 aromatic carbocycles. The van der Waals surface area contributed by atoms with Crippen LogP contribution in [0, 0.1) is 19.6 Å². The first-order valence-electron chi connectivity index (χ1n) is 3.43. The third-order valence-corrected chi connectivity index (χ3v) is 1.17. The van der Waals surface area contributed by atoms with Crippen molar-refractivity contribution in [3.63, 3.8) is 0 Å². The molecule has 0 unspecified atom stereocenters. The van der Waals surface area contributed by atoms with Gasteiger partial charge in [-0.3, -0.25) is 12.2 Å². The fourth-order valence-electron chi connectivity index (χ4n) is 0.680. The van der Waals surface area contributed by atoms with Crippen molar-refractivity contribution in [2.75, 3.05) is 0 Å². The number of allylic oxidation sites excluding steroid dienone is 8. The Kier molecular flexibility index (Phi) is 13.0. The summed E-state index contributed by atoms with van der Waals surface area (Å²) in [7, 11) is 0. The van der Waals surface area contributed by atoms with Crippen molar-refractivity contribution in [2.24, 2.45) is 0 Å². The van der Waals surface area contributed by atoms with Crippen molar-refractivity contribution < 1.29 is 25.8 Å². The van der Waals surface area contributed by atoms with E-state index in [0.717, 1.165) is 12.8 Å². The van der Waals surface area contributed by atoms with Crippen LogP contribution in [0.25, 0.3) is 0 Å². The molecule has 0 saturated carbocycles. The minimum Gasteiger partial charge on any atom is -0.358 e. The maximum Gasteiger partial charge on any atom is 3.00 e. The van der Waals surface area contributed by atoms with Crippen LogP contribution in [0.4, 0.5) is 0 Å². The van der Waals surface area contributed by atoms with Gasteiger partial charge in [0.15, 0.2) is 0 Å². The second kappa shape index (κ2) is 10.8. The van der Waals surface area contributed by atoms with E-state index in [9.17, 15) is 0 Å². The van der Waals surface area contributed by atoms with Crippen LogP contribution in [0.5, 0.6) is 0 Å². The maximum atomic E-state index is 2.99. The van der Waals surface area contributed by atoms with Crippen LogP contribution >= 0.6 is 0 Å². The molecule has 0 aromatic heterocycles. The minimum absolute atomic E-state index is 0. The first-order chi connectivity index (χ1) is 5.00. The van der Waals surface area contributed by atoms with Gasteiger partial charge in [-0.1, -0.05) is 0 Å². The average Bonchev–Trinajstić information content (AvgIpc) is 2.67. The van der Waals surface area contributed by atoms with Crippen molar-refractivity contribution in [1.82, 2.24) is 0 Å². The Morgan fingerprint density at radius 3 is 1.33 bits per heavy atom. The summed E-state index contributed by atoms with van der Waals surface area (Å²) in [5.41, 5.74) is 0. The fraction of sp³-hybridized carbons (Fsp3) is 0.182. The number of hydrogen-bond acceptors (Lipinski definition) is 0. The van der Waals surface area contributed by atoms with Gasteiger partial charge in [0.25, 0.3) is 0 Å². The molecule has 0 heterocycles. The molecule has 12 heavy (non-hydrogen) atoms. The Morgan fingerprint density at radius 1 is 0.833 bits per heavy atom. The predicted molar refractivity (Wildman–Crippen MR) is 49.6 cm³/mol. The molecule has 1 heteroatoms. The molecule has 2 aliphatic carbocycles. The summed E-state index contributed by atoms with van der Waals surface area (Å²) in [5.74, 6) is 0. The second-order valence-electron chi connectivity index (χ2n) is 2.01. The molecule has 0 amide bonds. The quantitative estimate of drug-likeness (QED) is 0.515. The molecule has 2 aliphatic rings. The van der Waals surface area contributed by atoms with E-state index in [2.05, 4.69) is 24.3 Å². The fourth-order valence-corrected chi connectivity index (χ4v) is 0.680. The Balaban J connectivity index is 0. The van der Waals surface area contributed by atoms with Crippen LogP contribution in [0.15, 0.2) is 36.5 Å². The van der Waals surface area contributed by atoms with Gasteiger partial charge >= 0.3 is 25.8 Å². The molecule has 0 aromatic rings. The van der Waals surface area contributed by atoms with Gasteiger partial charge in [-0.25, -0.2) is 24.3 Å². The molecule has 0 fully saturated rings. The van der Waals surface area contributed by atoms with E-state index in [4.69, 9.17) is 0 Å². The summed E-state index contributed by atoms with van der Waals surface area (Å²) >= 11 is 0. The van der Waals surface area contributed by atoms with Gasteiger partial charge in [-0.05, 0) is 0 Å². The van der Waals surface area contributed by atoms with Crippen molar-refractivity contribution in [3.05, 3.63) is 56.0 Å². The minimum atomic E-state index is 0. The average molecular weight is 190 g/mol. The zero-order chi connectivity index (χ0) is 7.07. The first-order valence-corrected chi connectivity index (χ1v) is 3.43. The van der Waals surface area contributed by atoms with Gasteiger partial charge in [-0.15, -0.1) is 12.8 Å². The molecular weight excluding hydrogens is 177 g/mol. The van der Waals surface area contributed by atoms with E-state index >= 15 is 0 Å². The molecular formula is C11H13Sc. The molecule has 0 spiro atoms. The summed E-state index contributed by atoms with van der Waals surface area (Å²) in [6.45, 7) is 0. The largest absolute Gasteiger partial charge is 3.00 e. The first kappa shape index (κ1) is 14.4. The van der Waals surface area contributed by atoms with E-state index in [0.29, 0.717) is 0 Å². The Morgan fingerprint density at radius 2 is 1.25 bits per heavy atom. The molecule has 0 N–H and O–H groups in total. The molecule has 60 valence electrons. The summed E-state index contributed by atoms with van der Waals surface area (Å²) in [5, 5.41) is 0. The Hall–Kier alpha value is -0.170. The summed E-state index contributed by atoms with van der Waals surface area (Å²) in [6, 6.07) is 0. The number of rotatable bonds is 0. The van der Waals surface area contributed by atoms with Gasteiger partial charge in [0.1, 0.15) is 0 Å². The van der Waals surface area contributed by atoms with Crippen molar-refractivity contribution in [2.45, 2.75) is 12.8 Å². The van der Waals surface area contributed by atoms with Crippen LogP contribution in [-0.2, 0) is 25.8 Å². The third kappa shape index (κ3) is 7.93. The topological polar surface area (TPSA) is 0 Å². The SMILES string of the molecule is [C-]1=CC=CC1.[C-]1=CC=CC1.[CH3-].[Sc+3]. The van der Waals surface area contributed by atoms with Crippen molar-refractivity contribution in [1.29, 1.82) is 0 Å². The summed E-state index contributed by atoms with van der Waals surface area (Å²) in [4.78, 5) is 0. The van der Waals surface area contributed by atoms with Gasteiger partial charge in [-0.2, -0.15) is 12.2 Å². The van der Waals surface area contributed by atoms with Gasteiger partial charge in [0.2, 0.25) is 0 Å². The van der Waals surface area contributed by atoms with Crippen LogP contribution in [0.2, 0.25) is 0 Å². The zero-order valence-corrected chi connectivity index (χ0v) is 9.26. The third-order valence-electron chi connectivity index (χ3n) is 1.17. The normalized spacial score (nSPS) is 14.7. The molecule has 0 bridgehead atoms. The van der Waals surface area contributed by atoms with Crippen LogP contribution < -0.4 is 0 Å². The smallest absolute Gasteiger partial charge is 0.358 e. The predicted octanol–water partition coefficient (Wildman–Crippen LogP) is 3.06. The van der Waals surface area contributed by atoms with Crippen LogP contribution in [0.1, 0.15) is 12.8 Å². The number of hydrogen-bond donors (Lipinski definition) is 0. The van der Waals surface area contributed by atoms with Gasteiger partial charge in [0.05, 0.1) is 0 Å². The van der Waals surface area contributed by atoms with Crippen LogP contribution in [0.3, 0.4) is 0 Å². The molecule has 0 saturated heterocycles. The van der Waals surface area contributed by atoms with E-state index in [1.165, 1.54) is 0 Å². The second-order valence-corrected chi connectivity index (χ2v) is 2.01. The maximum absolute atomic E-state index is 2.99. The van der Waals surface area contributed by atoms with Gasteiger partial charge < -0.3 is 7.43 Å². The van der Waals surface area contributed by atoms with Crippen molar-refractivity contribution in [3.8, 4) is 0 Å². The van der Waals surface area contributed by atoms with E-state index in [-0.39, 0.29) is 33.3 Å². The molecule has 0 radical (unpaired) electrons. The van der Waals surface area contributed by atoms with Crippen molar-refractivity contribution >= 4 is 0 Å². The molecule has 0 atom stereocenters. The van der Waals surface area contributed by atoms with E-state index < -0.39 is 0 Å². The van der Waals surface area contributed by atoms with Crippen LogP contribution in [-0.4, -0.2) is 0 Å². The monoisotopic (exact) mass is 190 g/mol. The Labute approximate surface area is 94.5 Å². The summed E-state index contributed by atoms with van der Waals surface area (Å²) < 4.78 is 0. The van der Waals surface area contributed by atoms with E-state index in [1.807, 2.05) is 24.3 Å². The molecule has 0 nitrogen and oxygen atoms in total. The molecule has 2 rings (SSSR count). The standard InChI is InChI=1S/2C5H5.CH3.Sc/c2*1-2-4-5-3-1;;/h2*1-3H,4H2;1H3;/q3*-1;+3. The zero-order valence-electron chi connectivity index (χ0n) is 7.46. The molecule has 0 aliphatic heterocycles. The Bertz CT molecular complexity index is 143. The summed E-state index contributed by atoms with van der Waals surface area (Å²) in [6.07, 6.45) is 20.0. The van der Waals surface area contributed by atoms with E-state index in [1.54, 1.807) is 0 Å². The van der Waals surface area contributed by atoms with Gasteiger partial charge in [0, 0.05) is 0 Å².